The highest BCUT2D eigenvalue weighted by Crippen LogP contribution is 2.51. The number of rotatable bonds is 6. The van der Waals surface area contributed by atoms with E-state index in [1.807, 2.05) is 18.2 Å². The summed E-state index contributed by atoms with van der Waals surface area (Å²) < 4.78 is 37.3. The van der Waals surface area contributed by atoms with E-state index >= 15 is 0 Å². The van der Waals surface area contributed by atoms with E-state index in [1.54, 1.807) is 14.2 Å². The molecular formula is C40H44N2O7. The van der Waals surface area contributed by atoms with Crippen molar-refractivity contribution in [2.75, 3.05) is 54.6 Å². The van der Waals surface area contributed by atoms with Crippen molar-refractivity contribution >= 4 is 0 Å². The smallest absolute Gasteiger partial charge is 0.204 e. The van der Waals surface area contributed by atoms with E-state index in [0.717, 1.165) is 60.4 Å². The van der Waals surface area contributed by atoms with Crippen LogP contribution in [0.15, 0.2) is 60.7 Å². The maximum atomic E-state index is 10.7. The fourth-order valence-corrected chi connectivity index (χ4v) is 7.61. The zero-order valence-electron chi connectivity index (χ0n) is 28.7. The average molecular weight is 665 g/mol. The molecule has 3 atom stereocenters. The Hall–Kier alpha value is -4.28. The van der Waals surface area contributed by atoms with Crippen LogP contribution in [0.2, 0.25) is 0 Å². The number of nitrogens with zero attached hydrogens (tertiary/aromatic N) is 2. The summed E-state index contributed by atoms with van der Waals surface area (Å²) in [6.45, 7) is 2.73. The zero-order chi connectivity index (χ0) is 33.6. The minimum absolute atomic E-state index is 0.0438. The van der Waals surface area contributed by atoms with Gasteiger partial charge >= 0.3 is 0 Å². The SMILES string of the molecule is COc1ccc2cc1Oc1ccc(cc1)C[C@H]1c3cc(c(CO)cc3CCN1C)Oc1c(OCC3CO3)c(OC)cc3c1[C@H](C2)N(C)CC3. The summed E-state index contributed by atoms with van der Waals surface area (Å²) in [5.41, 5.74) is 7.73. The van der Waals surface area contributed by atoms with E-state index in [9.17, 15) is 5.11 Å². The van der Waals surface area contributed by atoms with E-state index in [4.69, 9.17) is 28.4 Å². The molecule has 5 aliphatic heterocycles. The van der Waals surface area contributed by atoms with E-state index in [0.29, 0.717) is 54.1 Å². The first kappa shape index (κ1) is 32.0. The minimum atomic E-state index is -0.138. The molecule has 4 aromatic carbocycles. The second-order valence-corrected chi connectivity index (χ2v) is 13.6. The van der Waals surface area contributed by atoms with E-state index in [2.05, 4.69) is 66.4 Å². The molecule has 6 bridgehead atoms. The molecule has 1 N–H and O–H groups in total. The Labute approximate surface area is 287 Å². The normalized spacial score (nSPS) is 21.4. The van der Waals surface area contributed by atoms with Crippen molar-refractivity contribution < 1.29 is 33.5 Å². The molecule has 0 amide bonds. The van der Waals surface area contributed by atoms with Crippen LogP contribution in [-0.4, -0.2) is 75.6 Å². The third kappa shape index (κ3) is 6.21. The summed E-state index contributed by atoms with van der Waals surface area (Å²) in [6.07, 6.45) is 3.29. The first-order valence-corrected chi connectivity index (χ1v) is 17.2. The molecule has 0 saturated carbocycles. The van der Waals surface area contributed by atoms with E-state index in [1.165, 1.54) is 16.7 Å². The number of epoxide rings is 1. The molecule has 9 heteroatoms. The Kier molecular flexibility index (Phi) is 8.61. The zero-order valence-corrected chi connectivity index (χ0v) is 28.7. The number of ether oxygens (including phenoxy) is 6. The van der Waals surface area contributed by atoms with Crippen LogP contribution < -0.4 is 23.7 Å². The Morgan fingerprint density at radius 1 is 0.776 bits per heavy atom. The van der Waals surface area contributed by atoms with Gasteiger partial charge in [-0.25, -0.2) is 0 Å². The van der Waals surface area contributed by atoms with Crippen LogP contribution >= 0.6 is 0 Å². The van der Waals surface area contributed by atoms with Crippen molar-refractivity contribution in [3.63, 3.8) is 0 Å². The van der Waals surface area contributed by atoms with Gasteiger partial charge in [-0.05, 0) is 110 Å². The topological polar surface area (TPSA) is 85.4 Å². The Morgan fingerprint density at radius 2 is 1.49 bits per heavy atom. The predicted octanol–water partition coefficient (Wildman–Crippen LogP) is 6.42. The summed E-state index contributed by atoms with van der Waals surface area (Å²) in [7, 11) is 7.69. The number of benzene rings is 4. The molecule has 4 aromatic rings. The summed E-state index contributed by atoms with van der Waals surface area (Å²) in [5, 5.41) is 10.7. The molecular weight excluding hydrogens is 620 g/mol. The number of methoxy groups -OCH3 is 2. The molecule has 9 rings (SSSR count). The third-order valence-electron chi connectivity index (χ3n) is 10.5. The van der Waals surface area contributed by atoms with Gasteiger partial charge in [0.25, 0.3) is 0 Å². The van der Waals surface area contributed by atoms with Crippen molar-refractivity contribution in [2.45, 2.75) is 50.5 Å². The molecule has 1 saturated heterocycles. The summed E-state index contributed by atoms with van der Waals surface area (Å²) in [6, 6.07) is 21.0. The van der Waals surface area contributed by atoms with Gasteiger partial charge in [0, 0.05) is 36.3 Å². The average Bonchev–Trinajstić information content (AvgIpc) is 3.95. The fraction of sp³-hybridized carbons (Fsp3) is 0.400. The Bertz CT molecular complexity index is 1860. The lowest BCUT2D eigenvalue weighted by Gasteiger charge is -2.37. The monoisotopic (exact) mass is 664 g/mol. The lowest BCUT2D eigenvalue weighted by Crippen LogP contribution is -2.34. The third-order valence-corrected chi connectivity index (χ3v) is 10.5. The number of likely N-dealkylation sites (N-methyl/N-ethyl adjacent to an activating group) is 2. The van der Waals surface area contributed by atoms with Gasteiger partial charge < -0.3 is 33.5 Å². The minimum Gasteiger partial charge on any atom is -0.493 e. The molecule has 5 heterocycles. The van der Waals surface area contributed by atoms with Crippen LogP contribution in [0.4, 0.5) is 0 Å². The van der Waals surface area contributed by atoms with Gasteiger partial charge in [0.15, 0.2) is 23.0 Å². The van der Waals surface area contributed by atoms with Crippen LogP contribution in [0.3, 0.4) is 0 Å². The lowest BCUT2D eigenvalue weighted by molar-refractivity contribution is 0.213. The van der Waals surface area contributed by atoms with E-state index < -0.39 is 0 Å². The van der Waals surface area contributed by atoms with Gasteiger partial charge in [0.1, 0.15) is 24.2 Å². The van der Waals surface area contributed by atoms with Gasteiger partial charge in [0.05, 0.1) is 27.4 Å². The summed E-state index contributed by atoms with van der Waals surface area (Å²) >= 11 is 0. The van der Waals surface area contributed by atoms with Crippen LogP contribution in [0, 0.1) is 0 Å². The standard InChI is InChI=1S/C40H44N2O7/c1-41-13-11-26-18-28(21-43)35-20-31(26)32(41)15-24-5-8-29(9-6-24)48-36-17-25(7-10-34(36)44-3)16-33-38-27(12-14-42(33)2)19-37(45-4)39(40(38)49-35)47-23-30-22-46-30/h5-10,17-20,30,32-33,43H,11-16,21-23H2,1-4H3/t30?,32-,33-/m0/s1. The van der Waals surface area contributed by atoms with Gasteiger partial charge in [0.2, 0.25) is 5.75 Å². The van der Waals surface area contributed by atoms with Crippen molar-refractivity contribution in [1.82, 2.24) is 9.80 Å². The molecule has 0 aromatic heterocycles. The molecule has 9 nitrogen and oxygen atoms in total. The van der Waals surface area contributed by atoms with Gasteiger partial charge in [-0.3, -0.25) is 9.80 Å². The molecule has 256 valence electrons. The Morgan fingerprint density at radius 3 is 2.22 bits per heavy atom. The van der Waals surface area contributed by atoms with Crippen LogP contribution in [0.25, 0.3) is 0 Å². The Balaban J connectivity index is 1.35. The van der Waals surface area contributed by atoms with Crippen LogP contribution in [-0.2, 0) is 37.0 Å². The summed E-state index contributed by atoms with van der Waals surface area (Å²) in [4.78, 5) is 4.79. The first-order chi connectivity index (χ1) is 23.9. The molecule has 0 aliphatic carbocycles. The van der Waals surface area contributed by atoms with Gasteiger partial charge in [-0.1, -0.05) is 18.2 Å². The molecule has 1 unspecified atom stereocenters. The highest BCUT2D eigenvalue weighted by Gasteiger charge is 2.35. The number of aliphatic hydroxyl groups excluding tert-OH is 1. The maximum Gasteiger partial charge on any atom is 0.204 e. The molecule has 0 radical (unpaired) electrons. The summed E-state index contributed by atoms with van der Waals surface area (Å²) in [5.74, 6) is 4.56. The van der Waals surface area contributed by atoms with Crippen LogP contribution in [0.1, 0.15) is 51.0 Å². The number of hydrogen-bond donors (Lipinski definition) is 1. The number of hydrogen-bond acceptors (Lipinski definition) is 9. The molecule has 49 heavy (non-hydrogen) atoms. The van der Waals surface area contributed by atoms with Crippen molar-refractivity contribution in [2.24, 2.45) is 0 Å². The predicted molar refractivity (Wildman–Crippen MR) is 186 cm³/mol. The molecule has 5 aliphatic rings. The second-order valence-electron chi connectivity index (χ2n) is 13.6. The molecule has 1 fully saturated rings. The van der Waals surface area contributed by atoms with Crippen molar-refractivity contribution in [1.29, 1.82) is 0 Å². The lowest BCUT2D eigenvalue weighted by atomic mass is 9.86. The first-order valence-electron chi connectivity index (χ1n) is 17.2. The van der Waals surface area contributed by atoms with Crippen molar-refractivity contribution in [3.8, 4) is 40.2 Å². The quantitative estimate of drug-likeness (QED) is 0.235. The largest absolute Gasteiger partial charge is 0.493 e. The molecule has 0 spiro atoms. The van der Waals surface area contributed by atoms with Gasteiger partial charge in [-0.2, -0.15) is 0 Å². The second kappa shape index (κ2) is 13.2. The highest BCUT2D eigenvalue weighted by atomic mass is 16.6. The van der Waals surface area contributed by atoms with Gasteiger partial charge in [-0.15, -0.1) is 0 Å². The highest BCUT2D eigenvalue weighted by molar-refractivity contribution is 5.63. The number of fused-ring (bicyclic) bond motifs is 2. The maximum absolute atomic E-state index is 10.7. The fourth-order valence-electron chi connectivity index (χ4n) is 7.61. The van der Waals surface area contributed by atoms with Crippen molar-refractivity contribution in [3.05, 3.63) is 99.6 Å². The van der Waals surface area contributed by atoms with Crippen LogP contribution in [0.5, 0.6) is 40.2 Å². The number of aliphatic hydroxyl groups is 1. The van der Waals surface area contributed by atoms with E-state index in [-0.39, 0.29) is 24.8 Å².